The van der Waals surface area contributed by atoms with Gasteiger partial charge in [0.05, 0.1) is 30.6 Å². The summed E-state index contributed by atoms with van der Waals surface area (Å²) in [6, 6.07) is 6.21. The fourth-order valence-electron chi connectivity index (χ4n) is 2.39. The summed E-state index contributed by atoms with van der Waals surface area (Å²) in [6.45, 7) is 7.76. The van der Waals surface area contributed by atoms with Gasteiger partial charge in [-0.05, 0) is 44.5 Å². The molecule has 1 atom stereocenters. The molecular weight excluding hydrogens is 308 g/mol. The number of nitrogens with one attached hydrogen (secondary N) is 2. The Morgan fingerprint density at radius 1 is 1.24 bits per heavy atom. The van der Waals surface area contributed by atoms with E-state index in [0.717, 1.165) is 25.9 Å². The van der Waals surface area contributed by atoms with Gasteiger partial charge in [0.25, 0.3) is 0 Å². The number of rotatable bonds is 8. The molecule has 0 amide bonds. The van der Waals surface area contributed by atoms with Gasteiger partial charge in [-0.15, -0.1) is 0 Å². The Balaban J connectivity index is 2.74. The summed E-state index contributed by atoms with van der Waals surface area (Å²) in [6.07, 6.45) is 2.29. The molecule has 0 aliphatic heterocycles. The first-order chi connectivity index (χ1) is 9.66. The summed E-state index contributed by atoms with van der Waals surface area (Å²) in [4.78, 5) is 1.56. The zero-order valence-corrected chi connectivity index (χ0v) is 14.8. The zero-order valence-electron chi connectivity index (χ0n) is 13.2. The number of hydrogen-bond acceptors (Lipinski definition) is 2. The largest absolute Gasteiger partial charge is 0.336 e. The number of sulfonamides is 1. The quantitative estimate of drug-likeness (QED) is 0.761. The van der Waals surface area contributed by atoms with E-state index >= 15 is 0 Å². The maximum atomic E-state index is 12.4. The third-order valence-corrected chi connectivity index (χ3v) is 5.20. The molecule has 21 heavy (non-hydrogen) atoms. The molecule has 1 rings (SSSR count). The molecule has 1 aromatic carbocycles. The van der Waals surface area contributed by atoms with Gasteiger partial charge in [0.1, 0.15) is 0 Å². The van der Waals surface area contributed by atoms with Crippen molar-refractivity contribution in [2.24, 2.45) is 0 Å². The van der Waals surface area contributed by atoms with Crippen molar-refractivity contribution in [2.75, 3.05) is 20.1 Å². The van der Waals surface area contributed by atoms with Crippen LogP contribution in [0.5, 0.6) is 0 Å². The van der Waals surface area contributed by atoms with E-state index in [1.807, 2.05) is 13.8 Å². The Bertz CT molecular complexity index is 541. The second kappa shape index (κ2) is 7.58. The van der Waals surface area contributed by atoms with Crippen molar-refractivity contribution in [2.45, 2.75) is 44.0 Å². The van der Waals surface area contributed by atoms with Crippen LogP contribution in [0, 0.1) is 0 Å². The first-order valence-corrected chi connectivity index (χ1v) is 9.13. The highest BCUT2D eigenvalue weighted by Gasteiger charge is 2.29. The monoisotopic (exact) mass is 333 g/mol. The molecule has 1 unspecified atom stereocenters. The summed E-state index contributed by atoms with van der Waals surface area (Å²) >= 11 is 5.79. The van der Waals surface area contributed by atoms with Crippen molar-refractivity contribution < 1.29 is 13.3 Å². The lowest BCUT2D eigenvalue weighted by Crippen LogP contribution is -3.11. The van der Waals surface area contributed by atoms with Crippen LogP contribution in [0.25, 0.3) is 0 Å². The van der Waals surface area contributed by atoms with Crippen molar-refractivity contribution in [3.05, 3.63) is 29.3 Å². The van der Waals surface area contributed by atoms with E-state index in [1.165, 1.54) is 17.0 Å². The summed E-state index contributed by atoms with van der Waals surface area (Å²) < 4.78 is 27.6. The molecule has 6 heteroatoms. The van der Waals surface area contributed by atoms with Crippen molar-refractivity contribution >= 4 is 21.6 Å². The van der Waals surface area contributed by atoms with Crippen LogP contribution in [0.1, 0.15) is 33.6 Å². The lowest BCUT2D eigenvalue weighted by molar-refractivity contribution is -0.883. The molecule has 0 aliphatic carbocycles. The number of halogens is 1. The van der Waals surface area contributed by atoms with Crippen LogP contribution in [-0.4, -0.2) is 34.1 Å². The summed E-state index contributed by atoms with van der Waals surface area (Å²) in [5.74, 6) is 0. The molecule has 0 spiro atoms. The first kappa shape index (κ1) is 18.4. The van der Waals surface area contributed by atoms with E-state index in [9.17, 15) is 8.42 Å². The van der Waals surface area contributed by atoms with E-state index in [1.54, 1.807) is 12.1 Å². The Morgan fingerprint density at radius 3 is 2.33 bits per heavy atom. The Morgan fingerprint density at radius 2 is 1.81 bits per heavy atom. The highest BCUT2D eigenvalue weighted by Crippen LogP contribution is 2.15. The van der Waals surface area contributed by atoms with Gasteiger partial charge in [-0.25, -0.2) is 8.42 Å². The molecule has 0 saturated carbocycles. The minimum absolute atomic E-state index is 0.242. The van der Waals surface area contributed by atoms with Crippen molar-refractivity contribution in [1.29, 1.82) is 0 Å². The third kappa shape index (κ3) is 6.34. The van der Waals surface area contributed by atoms with Crippen LogP contribution in [-0.2, 0) is 10.0 Å². The summed E-state index contributed by atoms with van der Waals surface area (Å²) in [5.41, 5.74) is -0.504. The molecule has 0 radical (unpaired) electrons. The molecule has 0 saturated heterocycles. The van der Waals surface area contributed by atoms with E-state index in [2.05, 4.69) is 18.7 Å². The van der Waals surface area contributed by atoms with Crippen molar-refractivity contribution in [3.8, 4) is 0 Å². The minimum atomic E-state index is -3.52. The van der Waals surface area contributed by atoms with Crippen LogP contribution in [0.15, 0.2) is 29.2 Å². The molecule has 0 aliphatic rings. The van der Waals surface area contributed by atoms with Gasteiger partial charge >= 0.3 is 0 Å². The third-order valence-electron chi connectivity index (χ3n) is 3.24. The second-order valence-electron chi connectivity index (χ2n) is 6.18. The second-order valence-corrected chi connectivity index (χ2v) is 8.30. The van der Waals surface area contributed by atoms with Gasteiger partial charge < -0.3 is 4.90 Å². The van der Waals surface area contributed by atoms with Gasteiger partial charge in [-0.1, -0.05) is 24.9 Å². The molecule has 120 valence electrons. The number of likely N-dealkylation sites (N-methyl/N-ethyl adjacent to an activating group) is 1. The van der Waals surface area contributed by atoms with Crippen LogP contribution in [0.4, 0.5) is 0 Å². The maximum Gasteiger partial charge on any atom is 0.241 e. The van der Waals surface area contributed by atoms with Crippen LogP contribution < -0.4 is 9.62 Å². The molecule has 4 nitrogen and oxygen atoms in total. The van der Waals surface area contributed by atoms with Crippen LogP contribution in [0.3, 0.4) is 0 Å². The highest BCUT2D eigenvalue weighted by molar-refractivity contribution is 7.89. The predicted molar refractivity (Wildman–Crippen MR) is 87.4 cm³/mol. The maximum absolute atomic E-state index is 12.4. The molecule has 2 N–H and O–H groups in total. The van der Waals surface area contributed by atoms with Gasteiger partial charge in [0, 0.05) is 5.02 Å². The smallest absolute Gasteiger partial charge is 0.241 e. The zero-order chi connectivity index (χ0) is 16.1. The van der Waals surface area contributed by atoms with Gasteiger partial charge in [0.2, 0.25) is 10.0 Å². The molecule has 1 aromatic rings. The normalized spacial score (nSPS) is 14.1. The lowest BCUT2D eigenvalue weighted by atomic mass is 10.1. The Labute approximate surface area is 133 Å². The molecule has 0 heterocycles. The van der Waals surface area contributed by atoms with Crippen LogP contribution in [0.2, 0.25) is 5.02 Å². The molecule has 0 aromatic heterocycles. The predicted octanol–water partition coefficient (Wildman–Crippen LogP) is 1.71. The number of hydrogen-bond donors (Lipinski definition) is 2. The number of unbranched alkanes of at least 4 members (excludes halogenated alkanes) is 1. The van der Waals surface area contributed by atoms with Gasteiger partial charge in [-0.3, -0.25) is 0 Å². The topological polar surface area (TPSA) is 50.6 Å². The Kier molecular flexibility index (Phi) is 6.66. The SMILES string of the molecule is CCCC[NH+](C)CC(C)(C)NS(=O)(=O)c1ccc(Cl)cc1. The fourth-order valence-corrected chi connectivity index (χ4v) is 3.93. The average Bonchev–Trinajstić information content (AvgIpc) is 2.34. The minimum Gasteiger partial charge on any atom is -0.336 e. The summed E-state index contributed by atoms with van der Waals surface area (Å²) in [5, 5.41) is 0.525. The van der Waals surface area contributed by atoms with E-state index in [4.69, 9.17) is 11.6 Å². The average molecular weight is 334 g/mol. The summed E-state index contributed by atoms with van der Waals surface area (Å²) in [7, 11) is -1.43. The fraction of sp³-hybridized carbons (Fsp3) is 0.600. The number of benzene rings is 1. The molecular formula is C15H26ClN2O2S+. The van der Waals surface area contributed by atoms with Crippen molar-refractivity contribution in [3.63, 3.8) is 0 Å². The van der Waals surface area contributed by atoms with E-state index in [0.29, 0.717) is 5.02 Å². The highest BCUT2D eigenvalue weighted by atomic mass is 35.5. The van der Waals surface area contributed by atoms with Crippen molar-refractivity contribution in [1.82, 2.24) is 4.72 Å². The molecule has 0 fully saturated rings. The van der Waals surface area contributed by atoms with E-state index in [-0.39, 0.29) is 4.90 Å². The lowest BCUT2D eigenvalue weighted by Gasteiger charge is -2.28. The first-order valence-electron chi connectivity index (χ1n) is 7.27. The number of quaternary nitrogens is 1. The van der Waals surface area contributed by atoms with Gasteiger partial charge in [0.15, 0.2) is 0 Å². The Hall–Kier alpha value is -0.620. The van der Waals surface area contributed by atoms with Crippen LogP contribution >= 0.6 is 11.6 Å². The molecule has 0 bridgehead atoms. The van der Waals surface area contributed by atoms with Gasteiger partial charge in [-0.2, -0.15) is 4.72 Å². The van der Waals surface area contributed by atoms with E-state index < -0.39 is 15.6 Å². The standard InChI is InChI=1S/C15H25ClN2O2S/c1-5-6-11-18(4)12-15(2,3)17-21(19,20)14-9-7-13(16)8-10-14/h7-10,17H,5-6,11-12H2,1-4H3/p+1.